The minimum atomic E-state index is 0.0407. The zero-order valence-corrected chi connectivity index (χ0v) is 7.77. The van der Waals surface area contributed by atoms with Gasteiger partial charge in [-0.15, -0.1) is 0 Å². The van der Waals surface area contributed by atoms with Crippen LogP contribution < -0.4 is 10.6 Å². The van der Waals surface area contributed by atoms with E-state index in [4.69, 9.17) is 10.6 Å². The Labute approximate surface area is 80.7 Å². The fraction of sp³-hybridized carbons (Fsp3) is 0.222. The molecule has 0 aliphatic carbocycles. The number of anilines is 1. The van der Waals surface area contributed by atoms with Gasteiger partial charge in [0.05, 0.1) is 11.2 Å². The van der Waals surface area contributed by atoms with Gasteiger partial charge in [0.2, 0.25) is 0 Å². The SMILES string of the molecule is CCOn1cnc2cc(N)c(O)cc21. The predicted octanol–water partition coefficient (Wildman–Crippen LogP) is 0.773. The van der Waals surface area contributed by atoms with Crippen LogP contribution in [0.2, 0.25) is 0 Å². The fourth-order valence-electron chi connectivity index (χ4n) is 1.28. The topological polar surface area (TPSA) is 73.3 Å². The van der Waals surface area contributed by atoms with Crippen molar-refractivity contribution >= 4 is 16.7 Å². The first kappa shape index (κ1) is 8.68. The summed E-state index contributed by atoms with van der Waals surface area (Å²) < 4.78 is 1.51. The number of phenolic OH excluding ortho intramolecular Hbond substituents is 1. The maximum Gasteiger partial charge on any atom is 0.140 e. The summed E-state index contributed by atoms with van der Waals surface area (Å²) in [6.45, 7) is 2.42. The first-order valence-corrected chi connectivity index (χ1v) is 4.31. The Kier molecular flexibility index (Phi) is 1.92. The van der Waals surface area contributed by atoms with E-state index in [0.29, 0.717) is 23.3 Å². The van der Waals surface area contributed by atoms with E-state index in [2.05, 4.69) is 4.98 Å². The van der Waals surface area contributed by atoms with E-state index in [1.807, 2.05) is 6.92 Å². The van der Waals surface area contributed by atoms with Crippen molar-refractivity contribution in [3.8, 4) is 5.75 Å². The molecule has 5 heteroatoms. The van der Waals surface area contributed by atoms with Gasteiger partial charge in [-0.2, -0.15) is 4.73 Å². The van der Waals surface area contributed by atoms with Crippen LogP contribution in [0.15, 0.2) is 18.5 Å². The molecule has 0 amide bonds. The van der Waals surface area contributed by atoms with Gasteiger partial charge in [0.15, 0.2) is 0 Å². The second kappa shape index (κ2) is 3.10. The van der Waals surface area contributed by atoms with Gasteiger partial charge in [-0.05, 0) is 13.0 Å². The standard InChI is InChI=1S/C9H11N3O2/c1-2-14-12-5-11-7-3-6(10)9(13)4-8(7)12/h3-5,13H,2,10H2,1H3. The summed E-state index contributed by atoms with van der Waals surface area (Å²) in [6, 6.07) is 3.15. The van der Waals surface area contributed by atoms with Crippen molar-refractivity contribution in [1.82, 2.24) is 9.71 Å². The first-order valence-electron chi connectivity index (χ1n) is 4.31. The van der Waals surface area contributed by atoms with E-state index in [9.17, 15) is 5.11 Å². The predicted molar refractivity (Wildman–Crippen MR) is 52.9 cm³/mol. The third-order valence-electron chi connectivity index (χ3n) is 1.93. The molecule has 2 rings (SSSR count). The van der Waals surface area contributed by atoms with Crippen LogP contribution in [0.5, 0.6) is 5.75 Å². The molecule has 5 nitrogen and oxygen atoms in total. The Hall–Kier alpha value is -1.91. The largest absolute Gasteiger partial charge is 0.506 e. The summed E-state index contributed by atoms with van der Waals surface area (Å²) in [4.78, 5) is 9.34. The summed E-state index contributed by atoms with van der Waals surface area (Å²) in [5, 5.41) is 9.41. The lowest BCUT2D eigenvalue weighted by atomic mass is 10.2. The van der Waals surface area contributed by atoms with Crippen molar-refractivity contribution in [2.75, 3.05) is 12.3 Å². The molecule has 1 aromatic heterocycles. The lowest BCUT2D eigenvalue weighted by molar-refractivity contribution is 0.131. The summed E-state index contributed by atoms with van der Waals surface area (Å²) >= 11 is 0. The van der Waals surface area contributed by atoms with Crippen LogP contribution in [0.3, 0.4) is 0 Å². The lowest BCUT2D eigenvalue weighted by Gasteiger charge is -2.04. The average molecular weight is 193 g/mol. The van der Waals surface area contributed by atoms with Gasteiger partial charge in [0, 0.05) is 6.07 Å². The van der Waals surface area contributed by atoms with Gasteiger partial charge in [-0.25, -0.2) is 4.98 Å². The van der Waals surface area contributed by atoms with Crippen LogP contribution in [0.1, 0.15) is 6.92 Å². The van der Waals surface area contributed by atoms with Crippen molar-refractivity contribution in [3.05, 3.63) is 18.5 Å². The maximum absolute atomic E-state index is 9.41. The van der Waals surface area contributed by atoms with E-state index < -0.39 is 0 Å². The molecule has 0 aliphatic rings. The number of nitrogens with zero attached hydrogens (tertiary/aromatic N) is 2. The summed E-state index contributed by atoms with van der Waals surface area (Å²) in [5.41, 5.74) is 7.26. The van der Waals surface area contributed by atoms with Crippen LogP contribution >= 0.6 is 0 Å². The molecule has 0 atom stereocenters. The van der Waals surface area contributed by atoms with E-state index >= 15 is 0 Å². The number of imidazole rings is 1. The highest BCUT2D eigenvalue weighted by Crippen LogP contribution is 2.25. The van der Waals surface area contributed by atoms with E-state index in [1.165, 1.54) is 10.8 Å². The number of aromatic hydroxyl groups is 1. The number of phenols is 1. The molecule has 0 fully saturated rings. The molecule has 0 radical (unpaired) electrons. The minimum Gasteiger partial charge on any atom is -0.506 e. The number of rotatable bonds is 2. The molecule has 0 unspecified atom stereocenters. The lowest BCUT2D eigenvalue weighted by Crippen LogP contribution is -2.08. The summed E-state index contributed by atoms with van der Waals surface area (Å²) in [6.07, 6.45) is 1.55. The van der Waals surface area contributed by atoms with Crippen molar-refractivity contribution in [1.29, 1.82) is 0 Å². The molecular formula is C9H11N3O2. The highest BCUT2D eigenvalue weighted by atomic mass is 16.7. The minimum absolute atomic E-state index is 0.0407. The molecule has 74 valence electrons. The average Bonchev–Trinajstić information content (AvgIpc) is 2.51. The second-order valence-corrected chi connectivity index (χ2v) is 2.89. The number of aromatic nitrogens is 2. The van der Waals surface area contributed by atoms with E-state index in [1.54, 1.807) is 12.4 Å². The van der Waals surface area contributed by atoms with Crippen molar-refractivity contribution < 1.29 is 9.94 Å². The molecule has 3 N–H and O–H groups in total. The number of nitrogen functional groups attached to an aromatic ring is 1. The zero-order valence-electron chi connectivity index (χ0n) is 7.77. The van der Waals surface area contributed by atoms with Gasteiger partial charge >= 0.3 is 0 Å². The zero-order chi connectivity index (χ0) is 10.1. The Balaban J connectivity index is 2.61. The number of fused-ring (bicyclic) bond motifs is 1. The number of hydrogen-bond acceptors (Lipinski definition) is 4. The molecule has 0 spiro atoms. The van der Waals surface area contributed by atoms with Gasteiger partial charge in [0.25, 0.3) is 0 Å². The van der Waals surface area contributed by atoms with Crippen LogP contribution in [0.4, 0.5) is 5.69 Å². The summed E-state index contributed by atoms with van der Waals surface area (Å²) in [5.74, 6) is 0.0407. The molecule has 14 heavy (non-hydrogen) atoms. The molecule has 1 aromatic carbocycles. The molecule has 0 saturated heterocycles. The first-order chi connectivity index (χ1) is 6.72. The van der Waals surface area contributed by atoms with Gasteiger partial charge in [-0.3, -0.25) is 0 Å². The molecular weight excluding hydrogens is 182 g/mol. The normalized spacial score (nSPS) is 10.6. The van der Waals surface area contributed by atoms with Gasteiger partial charge < -0.3 is 15.7 Å². The smallest absolute Gasteiger partial charge is 0.140 e. The Bertz CT molecular complexity index is 464. The molecule has 0 saturated carbocycles. The Morgan fingerprint density at radius 3 is 3.07 bits per heavy atom. The monoisotopic (exact) mass is 193 g/mol. The van der Waals surface area contributed by atoms with Crippen LogP contribution in [-0.2, 0) is 0 Å². The van der Waals surface area contributed by atoms with Gasteiger partial charge in [-0.1, -0.05) is 0 Å². The molecule has 0 bridgehead atoms. The quantitative estimate of drug-likeness (QED) is 0.545. The maximum atomic E-state index is 9.41. The van der Waals surface area contributed by atoms with Gasteiger partial charge in [0.1, 0.15) is 24.2 Å². The number of hydrogen-bond donors (Lipinski definition) is 2. The third kappa shape index (κ3) is 1.22. The van der Waals surface area contributed by atoms with Crippen LogP contribution in [0, 0.1) is 0 Å². The van der Waals surface area contributed by atoms with Crippen LogP contribution in [0.25, 0.3) is 11.0 Å². The van der Waals surface area contributed by atoms with E-state index in [-0.39, 0.29) is 5.75 Å². The Morgan fingerprint density at radius 2 is 2.36 bits per heavy atom. The van der Waals surface area contributed by atoms with Crippen molar-refractivity contribution in [2.24, 2.45) is 0 Å². The summed E-state index contributed by atoms with van der Waals surface area (Å²) in [7, 11) is 0. The number of nitrogens with two attached hydrogens (primary N) is 1. The van der Waals surface area contributed by atoms with Crippen LogP contribution in [-0.4, -0.2) is 21.4 Å². The molecule has 1 heterocycles. The molecule has 2 aromatic rings. The van der Waals surface area contributed by atoms with E-state index in [0.717, 1.165) is 0 Å². The van der Waals surface area contributed by atoms with Crippen molar-refractivity contribution in [2.45, 2.75) is 6.92 Å². The Morgan fingerprint density at radius 1 is 1.57 bits per heavy atom. The fourth-order valence-corrected chi connectivity index (χ4v) is 1.28. The second-order valence-electron chi connectivity index (χ2n) is 2.89. The highest BCUT2D eigenvalue weighted by Gasteiger charge is 2.06. The number of benzene rings is 1. The van der Waals surface area contributed by atoms with Crippen molar-refractivity contribution in [3.63, 3.8) is 0 Å². The molecule has 0 aliphatic heterocycles. The highest BCUT2D eigenvalue weighted by molar-refractivity contribution is 5.82. The third-order valence-corrected chi connectivity index (χ3v) is 1.93.